The number of hydrogen-bond acceptors (Lipinski definition) is 2. The van der Waals surface area contributed by atoms with Gasteiger partial charge in [0.1, 0.15) is 0 Å². The number of carbonyl (C=O) groups excluding carboxylic acids is 1. The van der Waals surface area contributed by atoms with Crippen LogP contribution in [0.15, 0.2) is 48.5 Å². The zero-order valence-corrected chi connectivity index (χ0v) is 11.9. The van der Waals surface area contributed by atoms with Crippen LogP contribution in [0.2, 0.25) is 0 Å². The fourth-order valence-corrected chi connectivity index (χ4v) is 1.65. The van der Waals surface area contributed by atoms with Gasteiger partial charge in [-0.15, -0.1) is 0 Å². The molecule has 0 amide bonds. The molecule has 0 aromatic heterocycles. The molecule has 0 unspecified atom stereocenters. The van der Waals surface area contributed by atoms with E-state index < -0.39 is 0 Å². The van der Waals surface area contributed by atoms with E-state index in [1.54, 1.807) is 24.3 Å². The van der Waals surface area contributed by atoms with Crippen molar-refractivity contribution in [3.05, 3.63) is 70.8 Å². The van der Waals surface area contributed by atoms with Crippen molar-refractivity contribution in [3.63, 3.8) is 0 Å². The van der Waals surface area contributed by atoms with Gasteiger partial charge in [-0.05, 0) is 55.2 Å². The molecule has 0 aliphatic rings. The molecule has 0 atom stereocenters. The summed E-state index contributed by atoms with van der Waals surface area (Å²) in [4.78, 5) is 11.3. The largest absolute Gasteiger partial charge is 0.465 e. The van der Waals surface area contributed by atoms with Gasteiger partial charge in [0.15, 0.2) is 0 Å². The molecule has 0 spiro atoms. The second-order valence-electron chi connectivity index (χ2n) is 4.43. The lowest BCUT2D eigenvalue weighted by Gasteiger charge is -1.97. The lowest BCUT2D eigenvalue weighted by atomic mass is 10.1. The molecule has 0 aliphatic heterocycles. The highest BCUT2D eigenvalue weighted by molar-refractivity contribution is 5.89. The molecule has 2 heteroatoms. The number of aryl methyl sites for hydroxylation is 1. The van der Waals surface area contributed by atoms with Crippen molar-refractivity contribution < 1.29 is 9.53 Å². The van der Waals surface area contributed by atoms with Gasteiger partial charge >= 0.3 is 5.97 Å². The van der Waals surface area contributed by atoms with Crippen molar-refractivity contribution >= 4 is 5.97 Å². The van der Waals surface area contributed by atoms with Gasteiger partial charge in [-0.2, -0.15) is 0 Å². The molecule has 0 radical (unpaired) electrons. The molecule has 0 heterocycles. The van der Waals surface area contributed by atoms with E-state index in [-0.39, 0.29) is 5.97 Å². The molecule has 0 aliphatic carbocycles. The number of benzene rings is 2. The number of hydrogen-bond donors (Lipinski definition) is 0. The summed E-state index contributed by atoms with van der Waals surface area (Å²) in [6.45, 7) is 2.04. The quantitative estimate of drug-likeness (QED) is 0.589. The number of rotatable bonds is 1. The molecule has 2 rings (SSSR count). The molecular formula is C19H14O2. The van der Waals surface area contributed by atoms with Crippen molar-refractivity contribution in [1.29, 1.82) is 0 Å². The first-order valence-corrected chi connectivity index (χ1v) is 6.46. The Morgan fingerprint density at radius 3 is 1.81 bits per heavy atom. The Bertz CT molecular complexity index is 746. The summed E-state index contributed by atoms with van der Waals surface area (Å²) in [5.74, 6) is 11.2. The maximum absolute atomic E-state index is 11.3. The Kier molecular flexibility index (Phi) is 4.80. The van der Waals surface area contributed by atoms with E-state index in [4.69, 9.17) is 0 Å². The zero-order chi connectivity index (χ0) is 15.1. The summed E-state index contributed by atoms with van der Waals surface area (Å²) in [6.07, 6.45) is 0. The first kappa shape index (κ1) is 14.4. The lowest BCUT2D eigenvalue weighted by molar-refractivity contribution is 0.0601. The lowest BCUT2D eigenvalue weighted by Crippen LogP contribution is -2.00. The zero-order valence-electron chi connectivity index (χ0n) is 11.9. The van der Waals surface area contributed by atoms with Crippen LogP contribution in [0.4, 0.5) is 0 Å². The first-order valence-electron chi connectivity index (χ1n) is 6.46. The molecule has 2 aromatic carbocycles. The molecule has 2 nitrogen and oxygen atoms in total. The van der Waals surface area contributed by atoms with Crippen LogP contribution in [0.3, 0.4) is 0 Å². The third-order valence-electron chi connectivity index (χ3n) is 2.83. The van der Waals surface area contributed by atoms with Crippen LogP contribution in [0.25, 0.3) is 0 Å². The first-order chi connectivity index (χ1) is 10.2. The molecule has 0 fully saturated rings. The second-order valence-corrected chi connectivity index (χ2v) is 4.43. The Balaban J connectivity index is 2.06. The number of ether oxygens (including phenoxy) is 1. The summed E-state index contributed by atoms with van der Waals surface area (Å²) < 4.78 is 4.63. The van der Waals surface area contributed by atoms with Crippen molar-refractivity contribution in [3.8, 4) is 23.7 Å². The normalized spacial score (nSPS) is 8.86. The summed E-state index contributed by atoms with van der Waals surface area (Å²) in [7, 11) is 1.36. The Labute approximate surface area is 124 Å². The van der Waals surface area contributed by atoms with E-state index in [1.807, 2.05) is 31.2 Å². The van der Waals surface area contributed by atoms with Crippen LogP contribution in [-0.4, -0.2) is 13.1 Å². The molecule has 0 N–H and O–H groups in total. The molecule has 0 saturated heterocycles. The van der Waals surface area contributed by atoms with Gasteiger partial charge in [-0.1, -0.05) is 29.5 Å². The maximum Gasteiger partial charge on any atom is 0.337 e. The second kappa shape index (κ2) is 6.98. The molecule has 2 aromatic rings. The molecule has 0 bridgehead atoms. The Morgan fingerprint density at radius 1 is 0.857 bits per heavy atom. The van der Waals surface area contributed by atoms with Gasteiger partial charge in [0.2, 0.25) is 0 Å². The summed E-state index contributed by atoms with van der Waals surface area (Å²) >= 11 is 0. The van der Waals surface area contributed by atoms with Crippen LogP contribution in [0, 0.1) is 30.6 Å². The fraction of sp³-hybridized carbons (Fsp3) is 0.105. The Morgan fingerprint density at radius 2 is 1.33 bits per heavy atom. The van der Waals surface area contributed by atoms with Crippen LogP contribution in [0.5, 0.6) is 0 Å². The van der Waals surface area contributed by atoms with E-state index in [0.29, 0.717) is 5.56 Å². The Hall–Kier alpha value is -2.97. The van der Waals surface area contributed by atoms with Gasteiger partial charge in [0, 0.05) is 11.1 Å². The monoisotopic (exact) mass is 274 g/mol. The van der Waals surface area contributed by atoms with Crippen molar-refractivity contribution in [2.45, 2.75) is 6.92 Å². The summed E-state index contributed by atoms with van der Waals surface area (Å²) in [6, 6.07) is 14.9. The average molecular weight is 274 g/mol. The van der Waals surface area contributed by atoms with E-state index in [1.165, 1.54) is 12.7 Å². The minimum absolute atomic E-state index is 0.353. The minimum atomic E-state index is -0.353. The van der Waals surface area contributed by atoms with Crippen LogP contribution in [-0.2, 0) is 4.74 Å². The SMILES string of the molecule is COC(=O)c1ccc(C#CC#Cc2ccc(C)cc2)cc1. The summed E-state index contributed by atoms with van der Waals surface area (Å²) in [5.41, 5.74) is 3.46. The molecule has 21 heavy (non-hydrogen) atoms. The predicted octanol–water partition coefficient (Wildman–Crippen LogP) is 3.18. The van der Waals surface area contributed by atoms with Gasteiger partial charge in [-0.3, -0.25) is 0 Å². The van der Waals surface area contributed by atoms with Crippen molar-refractivity contribution in [1.82, 2.24) is 0 Å². The van der Waals surface area contributed by atoms with Crippen molar-refractivity contribution in [2.24, 2.45) is 0 Å². The minimum Gasteiger partial charge on any atom is -0.465 e. The standard InChI is InChI=1S/C19H14O2/c1-15-7-9-16(10-8-15)5-3-4-6-17-11-13-18(14-12-17)19(20)21-2/h7-14H,1-2H3. The molecule has 0 saturated carbocycles. The molecular weight excluding hydrogens is 260 g/mol. The smallest absolute Gasteiger partial charge is 0.337 e. The maximum atomic E-state index is 11.3. The fourth-order valence-electron chi connectivity index (χ4n) is 1.65. The topological polar surface area (TPSA) is 26.3 Å². The summed E-state index contributed by atoms with van der Waals surface area (Å²) in [5, 5.41) is 0. The van der Waals surface area contributed by atoms with Crippen LogP contribution >= 0.6 is 0 Å². The average Bonchev–Trinajstić information content (AvgIpc) is 2.53. The number of carbonyl (C=O) groups is 1. The highest BCUT2D eigenvalue weighted by atomic mass is 16.5. The van der Waals surface area contributed by atoms with E-state index in [0.717, 1.165) is 11.1 Å². The molecule has 102 valence electrons. The van der Waals surface area contributed by atoms with Gasteiger partial charge in [0.25, 0.3) is 0 Å². The third kappa shape index (κ3) is 4.27. The third-order valence-corrected chi connectivity index (χ3v) is 2.83. The van der Waals surface area contributed by atoms with E-state index in [9.17, 15) is 4.79 Å². The van der Waals surface area contributed by atoms with Crippen molar-refractivity contribution in [2.75, 3.05) is 7.11 Å². The highest BCUT2D eigenvalue weighted by Gasteiger charge is 2.02. The predicted molar refractivity (Wildman–Crippen MR) is 82.7 cm³/mol. The van der Waals surface area contributed by atoms with E-state index in [2.05, 4.69) is 28.4 Å². The number of esters is 1. The van der Waals surface area contributed by atoms with Gasteiger partial charge in [0.05, 0.1) is 12.7 Å². The van der Waals surface area contributed by atoms with Gasteiger partial charge in [-0.25, -0.2) is 4.79 Å². The van der Waals surface area contributed by atoms with E-state index >= 15 is 0 Å². The van der Waals surface area contributed by atoms with Crippen LogP contribution < -0.4 is 0 Å². The highest BCUT2D eigenvalue weighted by Crippen LogP contribution is 2.04. The van der Waals surface area contributed by atoms with Crippen LogP contribution in [0.1, 0.15) is 27.0 Å². The van der Waals surface area contributed by atoms with Gasteiger partial charge < -0.3 is 4.74 Å². The number of methoxy groups -OCH3 is 1.